The summed E-state index contributed by atoms with van der Waals surface area (Å²) < 4.78 is 6.65. The van der Waals surface area contributed by atoms with E-state index in [0.29, 0.717) is 17.8 Å². The van der Waals surface area contributed by atoms with Crippen molar-refractivity contribution >= 4 is 51.9 Å². The van der Waals surface area contributed by atoms with Crippen molar-refractivity contribution < 1.29 is 4.74 Å². The van der Waals surface area contributed by atoms with Gasteiger partial charge in [-0.3, -0.25) is 0 Å². The van der Waals surface area contributed by atoms with Crippen LogP contribution in [0.4, 0.5) is 17.1 Å². The Balaban J connectivity index is 1.50. The third-order valence-corrected chi connectivity index (χ3v) is 10.0. The molecule has 43 heavy (non-hydrogen) atoms. The number of para-hydroxylation sites is 3. The predicted molar refractivity (Wildman–Crippen MR) is 185 cm³/mol. The summed E-state index contributed by atoms with van der Waals surface area (Å²) in [5.74, 6) is 3.16. The van der Waals surface area contributed by atoms with Gasteiger partial charge in [0.25, 0.3) is 6.71 Å². The summed E-state index contributed by atoms with van der Waals surface area (Å²) in [4.78, 5) is 4.96. The van der Waals surface area contributed by atoms with Crippen LogP contribution in [-0.2, 0) is 0 Å². The monoisotopic (exact) mass is 579 g/mol. The molecule has 4 heteroatoms. The van der Waals surface area contributed by atoms with Crippen molar-refractivity contribution in [2.75, 3.05) is 4.90 Å². The van der Waals surface area contributed by atoms with E-state index in [1.807, 2.05) is 11.8 Å². The molecule has 0 bridgehead atoms. The molecule has 0 spiro atoms. The Morgan fingerprint density at radius 3 is 1.74 bits per heavy atom. The minimum Gasteiger partial charge on any atom is -0.458 e. The quantitative estimate of drug-likeness (QED) is 0.189. The van der Waals surface area contributed by atoms with Gasteiger partial charge in [0.05, 0.1) is 11.4 Å². The van der Waals surface area contributed by atoms with E-state index in [0.717, 1.165) is 17.2 Å². The predicted octanol–water partition coefficient (Wildman–Crippen LogP) is 9.61. The Bertz CT molecular complexity index is 1770. The molecule has 0 saturated heterocycles. The first-order valence-corrected chi connectivity index (χ1v) is 16.4. The van der Waals surface area contributed by atoms with Gasteiger partial charge in [-0.05, 0) is 93.9 Å². The molecule has 2 aliphatic rings. The maximum absolute atomic E-state index is 6.65. The van der Waals surface area contributed by atoms with Gasteiger partial charge in [-0.25, -0.2) is 0 Å². The van der Waals surface area contributed by atoms with Crippen LogP contribution in [0.25, 0.3) is 0 Å². The van der Waals surface area contributed by atoms with Gasteiger partial charge in [0, 0.05) is 15.5 Å². The number of hydrogen-bond donors (Lipinski definition) is 0. The van der Waals surface area contributed by atoms with Gasteiger partial charge < -0.3 is 9.64 Å². The summed E-state index contributed by atoms with van der Waals surface area (Å²) in [6, 6.07) is 37.9. The van der Waals surface area contributed by atoms with Crippen LogP contribution in [0.2, 0.25) is 0 Å². The number of benzene rings is 5. The molecule has 0 N–H and O–H groups in total. The van der Waals surface area contributed by atoms with Gasteiger partial charge in [-0.15, -0.1) is 0 Å². The first kappa shape index (κ1) is 27.9. The van der Waals surface area contributed by atoms with Crippen LogP contribution in [0.3, 0.4) is 0 Å². The largest absolute Gasteiger partial charge is 0.458 e. The zero-order chi connectivity index (χ0) is 29.8. The average Bonchev–Trinajstić information content (AvgIpc) is 3.01. The third kappa shape index (κ3) is 4.77. The van der Waals surface area contributed by atoms with Gasteiger partial charge in [0.15, 0.2) is 0 Å². The second-order valence-electron chi connectivity index (χ2n) is 12.7. The van der Waals surface area contributed by atoms with Gasteiger partial charge >= 0.3 is 0 Å². The highest BCUT2D eigenvalue weighted by Crippen LogP contribution is 2.51. The van der Waals surface area contributed by atoms with Crippen molar-refractivity contribution in [2.45, 2.75) is 69.1 Å². The maximum atomic E-state index is 6.65. The van der Waals surface area contributed by atoms with Crippen LogP contribution in [0.5, 0.6) is 11.5 Å². The lowest BCUT2D eigenvalue weighted by Crippen LogP contribution is -2.57. The van der Waals surface area contributed by atoms with Crippen molar-refractivity contribution in [1.29, 1.82) is 0 Å². The molecule has 0 saturated carbocycles. The fourth-order valence-corrected chi connectivity index (χ4v) is 7.79. The standard InChI is InChI=1S/C39H38BNOS/c1-24(2)27-21-29(25(3)4)39(30(22-27)26(5)6)40-31-13-7-10-16-35(31)42-36-20-19-28(23-32(36)40)41-33-14-8-11-17-37(33)43-38-18-12-9-15-34(38)41/h7-26H,1-6H3. The van der Waals surface area contributed by atoms with Gasteiger partial charge in [-0.2, -0.15) is 0 Å². The second-order valence-corrected chi connectivity index (χ2v) is 13.8. The Morgan fingerprint density at radius 2 is 1.14 bits per heavy atom. The van der Waals surface area contributed by atoms with Crippen molar-refractivity contribution in [2.24, 2.45) is 0 Å². The highest BCUT2D eigenvalue weighted by Gasteiger charge is 2.37. The summed E-state index contributed by atoms with van der Waals surface area (Å²) in [7, 11) is 0. The number of anilines is 3. The van der Waals surface area contributed by atoms with E-state index in [1.54, 1.807) is 0 Å². The number of fused-ring (bicyclic) bond motifs is 4. The lowest BCUT2D eigenvalue weighted by molar-refractivity contribution is 0.487. The molecule has 5 aromatic carbocycles. The van der Waals surface area contributed by atoms with Crippen LogP contribution >= 0.6 is 11.8 Å². The number of ether oxygens (including phenoxy) is 1. The number of nitrogens with zero attached hydrogens (tertiary/aromatic N) is 1. The minimum atomic E-state index is 0.0700. The molecule has 2 heterocycles. The first-order chi connectivity index (χ1) is 20.8. The highest BCUT2D eigenvalue weighted by molar-refractivity contribution is 7.99. The van der Waals surface area contributed by atoms with Crippen LogP contribution in [-0.4, -0.2) is 6.71 Å². The zero-order valence-electron chi connectivity index (χ0n) is 25.9. The van der Waals surface area contributed by atoms with Crippen LogP contribution in [0, 0.1) is 0 Å². The average molecular weight is 580 g/mol. The lowest BCUT2D eigenvalue weighted by Gasteiger charge is -2.35. The summed E-state index contributed by atoms with van der Waals surface area (Å²) >= 11 is 1.85. The summed E-state index contributed by atoms with van der Waals surface area (Å²) in [5.41, 5.74) is 11.8. The fourth-order valence-electron chi connectivity index (χ4n) is 6.73. The van der Waals surface area contributed by atoms with E-state index in [1.165, 1.54) is 54.2 Å². The lowest BCUT2D eigenvalue weighted by atomic mass is 9.34. The molecule has 5 aromatic rings. The minimum absolute atomic E-state index is 0.0700. The van der Waals surface area contributed by atoms with E-state index in [2.05, 4.69) is 150 Å². The molecular weight excluding hydrogens is 541 g/mol. The molecule has 0 unspecified atom stereocenters. The summed E-state index contributed by atoms with van der Waals surface area (Å²) in [5, 5.41) is 0. The second kappa shape index (κ2) is 11.0. The van der Waals surface area contributed by atoms with Crippen molar-refractivity contribution in [3.63, 3.8) is 0 Å². The van der Waals surface area contributed by atoms with E-state index in [-0.39, 0.29) is 6.71 Å². The zero-order valence-corrected chi connectivity index (χ0v) is 26.7. The molecule has 0 radical (unpaired) electrons. The molecule has 2 nitrogen and oxygen atoms in total. The molecule has 2 aliphatic heterocycles. The van der Waals surface area contributed by atoms with Crippen molar-refractivity contribution in [1.82, 2.24) is 0 Å². The normalized spacial score (nSPS) is 13.5. The molecular formula is C39H38BNOS. The van der Waals surface area contributed by atoms with E-state index >= 15 is 0 Å². The summed E-state index contributed by atoms with van der Waals surface area (Å²) in [6.45, 7) is 14.1. The Hall–Kier alpha value is -3.89. The SMILES string of the molecule is CC(C)c1cc(C(C)C)c(B2c3ccccc3Oc3ccc(N4c5ccccc5Sc5ccccc54)cc32)c(C(C)C)c1. The van der Waals surface area contributed by atoms with E-state index < -0.39 is 0 Å². The molecule has 7 rings (SSSR count). The van der Waals surface area contributed by atoms with Gasteiger partial charge in [0.1, 0.15) is 11.5 Å². The Morgan fingerprint density at radius 1 is 0.581 bits per heavy atom. The fraction of sp³-hybridized carbons (Fsp3) is 0.231. The molecule has 0 fully saturated rings. The van der Waals surface area contributed by atoms with Crippen LogP contribution in [0.1, 0.15) is 76.0 Å². The van der Waals surface area contributed by atoms with Gasteiger partial charge in [0.2, 0.25) is 0 Å². The van der Waals surface area contributed by atoms with E-state index in [9.17, 15) is 0 Å². The Labute approximate surface area is 261 Å². The van der Waals surface area contributed by atoms with Crippen molar-refractivity contribution in [3.8, 4) is 11.5 Å². The molecule has 0 aromatic heterocycles. The van der Waals surface area contributed by atoms with Gasteiger partial charge in [-0.1, -0.05) is 113 Å². The molecule has 0 amide bonds. The smallest absolute Gasteiger partial charge is 0.251 e. The number of rotatable bonds is 5. The highest BCUT2D eigenvalue weighted by atomic mass is 32.2. The van der Waals surface area contributed by atoms with E-state index in [4.69, 9.17) is 4.74 Å². The first-order valence-electron chi connectivity index (χ1n) is 15.6. The Kier molecular flexibility index (Phi) is 7.14. The summed E-state index contributed by atoms with van der Waals surface area (Å²) in [6.07, 6.45) is 0. The topological polar surface area (TPSA) is 12.5 Å². The van der Waals surface area contributed by atoms with Crippen molar-refractivity contribution in [3.05, 3.63) is 120 Å². The molecule has 214 valence electrons. The maximum Gasteiger partial charge on any atom is 0.251 e. The molecule has 0 aliphatic carbocycles. The molecule has 0 atom stereocenters. The third-order valence-electron chi connectivity index (χ3n) is 8.91. The number of hydrogen-bond acceptors (Lipinski definition) is 3. The van der Waals surface area contributed by atoms with Crippen LogP contribution < -0.4 is 26.0 Å². The van der Waals surface area contributed by atoms with Crippen LogP contribution in [0.15, 0.2) is 113 Å².